The van der Waals surface area contributed by atoms with Crippen molar-refractivity contribution in [3.8, 4) is 0 Å². The van der Waals surface area contributed by atoms with Crippen molar-refractivity contribution in [2.75, 3.05) is 0 Å². The molecule has 0 bridgehead atoms. The Labute approximate surface area is 41.4 Å². The molecule has 2 nitrogen and oxygen atoms in total. The quantitative estimate of drug-likeness (QED) is 0.341. The SMILES string of the molecule is [O-]S[O-].[Zn+2]. The largest absolute Gasteiger partial charge is 2.00 e. The van der Waals surface area contributed by atoms with E-state index in [9.17, 15) is 0 Å². The van der Waals surface area contributed by atoms with E-state index < -0.39 is 12.3 Å². The van der Waals surface area contributed by atoms with E-state index >= 15 is 0 Å². The molecule has 0 aliphatic heterocycles. The third-order valence-corrected chi connectivity index (χ3v) is 0. The maximum atomic E-state index is 8.29. The van der Waals surface area contributed by atoms with Crippen molar-refractivity contribution in [2.24, 2.45) is 0 Å². The Morgan fingerprint density at radius 1 is 1.25 bits per heavy atom. The molecule has 0 fully saturated rings. The molecule has 4 heteroatoms. The van der Waals surface area contributed by atoms with Gasteiger partial charge in [0.15, 0.2) is 0 Å². The van der Waals surface area contributed by atoms with Crippen LogP contribution >= 0.6 is 12.3 Å². The summed E-state index contributed by atoms with van der Waals surface area (Å²) in [5.41, 5.74) is 0. The van der Waals surface area contributed by atoms with E-state index in [0.29, 0.717) is 0 Å². The Morgan fingerprint density at radius 2 is 1.25 bits per heavy atom. The minimum absolute atomic E-state index is 0. The third kappa shape index (κ3) is 13.0. The summed E-state index contributed by atoms with van der Waals surface area (Å²) in [7, 11) is 0. The maximum Gasteiger partial charge on any atom is 2.00 e. The van der Waals surface area contributed by atoms with Crippen LogP contribution in [0.5, 0.6) is 0 Å². The molecule has 0 aromatic carbocycles. The van der Waals surface area contributed by atoms with Gasteiger partial charge in [-0.1, -0.05) is 0 Å². The van der Waals surface area contributed by atoms with Crippen LogP contribution in [0.3, 0.4) is 0 Å². The van der Waals surface area contributed by atoms with Crippen LogP contribution in [0.15, 0.2) is 0 Å². The molecule has 0 saturated carbocycles. The number of rotatable bonds is 0. The molecule has 0 spiro atoms. The molecule has 0 saturated heterocycles. The van der Waals surface area contributed by atoms with E-state index in [1.807, 2.05) is 0 Å². The predicted octanol–water partition coefficient (Wildman–Crippen LogP) is -0.0221. The Kier molecular flexibility index (Phi) is 20.1. The average Bonchev–Trinajstić information content (AvgIpc) is 0.918. The molecule has 0 atom stereocenters. The summed E-state index contributed by atoms with van der Waals surface area (Å²) in [6.07, 6.45) is 0. The minimum atomic E-state index is -0.750. The minimum Gasteiger partial charge on any atom is -0.811 e. The standard InChI is InChI=1S/H2O2S.Zn/c1-3-2;/h1-2H;/q;+2/p-2. The van der Waals surface area contributed by atoms with Crippen molar-refractivity contribution in [1.29, 1.82) is 0 Å². The Morgan fingerprint density at radius 3 is 1.25 bits per heavy atom. The molecule has 0 aliphatic carbocycles. The summed E-state index contributed by atoms with van der Waals surface area (Å²) in [5, 5.41) is 0. The van der Waals surface area contributed by atoms with Gasteiger partial charge in [0.2, 0.25) is 0 Å². The van der Waals surface area contributed by atoms with Gasteiger partial charge in [0.1, 0.15) is 0 Å². The van der Waals surface area contributed by atoms with Crippen LogP contribution in [0, 0.1) is 0 Å². The van der Waals surface area contributed by atoms with Gasteiger partial charge in [-0.05, 0) is 0 Å². The van der Waals surface area contributed by atoms with E-state index in [4.69, 9.17) is 9.11 Å². The first-order valence-corrected chi connectivity index (χ1v) is 1.00. The molecule has 0 aromatic heterocycles. The molecule has 0 unspecified atom stereocenters. The predicted molar refractivity (Wildman–Crippen MR) is 9.15 cm³/mol. The summed E-state index contributed by atoms with van der Waals surface area (Å²) in [6.45, 7) is 0. The molecule has 0 radical (unpaired) electrons. The third-order valence-electron chi connectivity index (χ3n) is 0. The van der Waals surface area contributed by atoms with Gasteiger partial charge in [0.25, 0.3) is 0 Å². The van der Waals surface area contributed by atoms with Gasteiger partial charge >= 0.3 is 19.5 Å². The van der Waals surface area contributed by atoms with Crippen LogP contribution in [0.1, 0.15) is 0 Å². The Bertz CT molecular complexity index is 6.00. The Balaban J connectivity index is 0. The molecular formula is O2SZn. The van der Waals surface area contributed by atoms with Crippen LogP contribution < -0.4 is 0 Å². The fourth-order valence-corrected chi connectivity index (χ4v) is 0. The second-order valence-electron chi connectivity index (χ2n) is 0.0680. The van der Waals surface area contributed by atoms with E-state index in [1.165, 1.54) is 0 Å². The van der Waals surface area contributed by atoms with Crippen molar-refractivity contribution in [2.45, 2.75) is 0 Å². The van der Waals surface area contributed by atoms with Crippen molar-refractivity contribution >= 4 is 12.3 Å². The maximum absolute atomic E-state index is 8.29. The summed E-state index contributed by atoms with van der Waals surface area (Å²) < 4.78 is 16.6. The molecule has 0 aromatic rings. The first-order valence-electron chi connectivity index (χ1n) is 0.333. The van der Waals surface area contributed by atoms with Gasteiger partial charge in [-0.25, -0.2) is 0 Å². The molecule has 20 valence electrons. The zero-order valence-corrected chi connectivity index (χ0v) is 5.72. The fraction of sp³-hybridized carbons (Fsp3) is 0. The van der Waals surface area contributed by atoms with Crippen LogP contribution in [0.4, 0.5) is 0 Å². The summed E-state index contributed by atoms with van der Waals surface area (Å²) in [6, 6.07) is 0. The van der Waals surface area contributed by atoms with Gasteiger partial charge < -0.3 is 21.4 Å². The number of hydrogen-bond acceptors (Lipinski definition) is 3. The molecule has 0 aliphatic rings. The average molecular weight is 129 g/mol. The van der Waals surface area contributed by atoms with Gasteiger partial charge in [-0.3, -0.25) is 0 Å². The topological polar surface area (TPSA) is 46.1 Å². The van der Waals surface area contributed by atoms with Crippen molar-refractivity contribution in [3.05, 3.63) is 0 Å². The van der Waals surface area contributed by atoms with Crippen LogP contribution in [0.25, 0.3) is 0 Å². The molecular weight excluding hydrogens is 129 g/mol. The van der Waals surface area contributed by atoms with Gasteiger partial charge in [-0.2, -0.15) is 0 Å². The van der Waals surface area contributed by atoms with E-state index in [-0.39, 0.29) is 19.5 Å². The second kappa shape index (κ2) is 9.09. The van der Waals surface area contributed by atoms with Crippen LogP contribution in [0.2, 0.25) is 0 Å². The smallest absolute Gasteiger partial charge is 0.811 e. The second-order valence-corrected chi connectivity index (χ2v) is 0.204. The first kappa shape index (κ1) is 8.86. The van der Waals surface area contributed by atoms with Crippen LogP contribution in [-0.2, 0) is 19.5 Å². The summed E-state index contributed by atoms with van der Waals surface area (Å²) in [4.78, 5) is 0. The fourth-order valence-electron chi connectivity index (χ4n) is 0. The molecule has 0 heterocycles. The molecule has 0 amide bonds. The van der Waals surface area contributed by atoms with Gasteiger partial charge in [0, 0.05) is 0 Å². The molecule has 4 heavy (non-hydrogen) atoms. The normalized spacial score (nSPS) is 4.50. The number of hydrogen-bond donors (Lipinski definition) is 0. The summed E-state index contributed by atoms with van der Waals surface area (Å²) >= 11 is -0.750. The molecule has 0 rings (SSSR count). The Hall–Kier alpha value is 0.893. The first-order chi connectivity index (χ1) is 1.41. The van der Waals surface area contributed by atoms with E-state index in [2.05, 4.69) is 0 Å². The monoisotopic (exact) mass is 128 g/mol. The van der Waals surface area contributed by atoms with Crippen molar-refractivity contribution in [1.82, 2.24) is 0 Å². The van der Waals surface area contributed by atoms with Crippen molar-refractivity contribution in [3.63, 3.8) is 0 Å². The molecule has 0 N–H and O–H groups in total. The van der Waals surface area contributed by atoms with Crippen LogP contribution in [-0.4, -0.2) is 9.11 Å². The summed E-state index contributed by atoms with van der Waals surface area (Å²) in [5.74, 6) is 0. The van der Waals surface area contributed by atoms with E-state index in [1.54, 1.807) is 0 Å². The van der Waals surface area contributed by atoms with Gasteiger partial charge in [0.05, 0.1) is 0 Å². The van der Waals surface area contributed by atoms with Gasteiger partial charge in [-0.15, -0.1) is 0 Å². The van der Waals surface area contributed by atoms with E-state index in [0.717, 1.165) is 0 Å². The zero-order chi connectivity index (χ0) is 2.71. The van der Waals surface area contributed by atoms with Crippen molar-refractivity contribution < 1.29 is 28.6 Å². The zero-order valence-electron chi connectivity index (χ0n) is 1.93.